The third-order valence-electron chi connectivity index (χ3n) is 2.29. The quantitative estimate of drug-likeness (QED) is 0.462. The molecule has 0 saturated heterocycles. The first-order valence-electron chi connectivity index (χ1n) is 5.45. The molecule has 2 rings (SSSR count). The number of nitrogen functional groups attached to an aromatic ring is 2. The zero-order valence-electron chi connectivity index (χ0n) is 10.0. The number of nitrogens with zero attached hydrogens (tertiary/aromatic N) is 3. The van der Waals surface area contributed by atoms with Crippen LogP contribution in [0, 0.1) is 6.92 Å². The molecule has 0 bridgehead atoms. The van der Waals surface area contributed by atoms with E-state index in [4.69, 9.17) is 11.6 Å². The summed E-state index contributed by atoms with van der Waals surface area (Å²) in [5.41, 5.74) is 9.88. The Kier molecular flexibility index (Phi) is 3.54. The number of nitrogens with two attached hydrogens (primary N) is 2. The first-order valence-corrected chi connectivity index (χ1v) is 5.45. The molecule has 0 aromatic carbocycles. The van der Waals surface area contributed by atoms with E-state index in [-0.39, 0.29) is 5.95 Å². The largest absolute Gasteiger partial charge is 0.368 e. The second-order valence-electron chi connectivity index (χ2n) is 3.76. The molecule has 0 atom stereocenters. The minimum atomic E-state index is 0.158. The van der Waals surface area contributed by atoms with Crippen LogP contribution < -0.4 is 22.3 Å². The van der Waals surface area contributed by atoms with Crippen LogP contribution in [0.5, 0.6) is 0 Å². The van der Waals surface area contributed by atoms with E-state index in [1.165, 1.54) is 0 Å². The summed E-state index contributed by atoms with van der Waals surface area (Å²) >= 11 is 0. The van der Waals surface area contributed by atoms with Gasteiger partial charge >= 0.3 is 0 Å². The van der Waals surface area contributed by atoms with Crippen LogP contribution in [0.25, 0.3) is 0 Å². The van der Waals surface area contributed by atoms with Gasteiger partial charge in [0.15, 0.2) is 0 Å². The second-order valence-corrected chi connectivity index (χ2v) is 3.76. The minimum Gasteiger partial charge on any atom is -0.368 e. The van der Waals surface area contributed by atoms with E-state index < -0.39 is 0 Å². The Balaban J connectivity index is 2.08. The van der Waals surface area contributed by atoms with Crippen molar-refractivity contribution in [2.24, 2.45) is 5.84 Å². The van der Waals surface area contributed by atoms with Gasteiger partial charge in [-0.2, -0.15) is 9.97 Å². The lowest BCUT2D eigenvalue weighted by molar-refractivity contribution is 0.999. The molecule has 0 unspecified atom stereocenters. The summed E-state index contributed by atoms with van der Waals surface area (Å²) in [5.74, 6) is 6.49. The first-order chi connectivity index (χ1) is 8.67. The molecule has 2 aromatic heterocycles. The fourth-order valence-corrected chi connectivity index (χ4v) is 1.51. The van der Waals surface area contributed by atoms with Crippen molar-refractivity contribution in [3.8, 4) is 0 Å². The van der Waals surface area contributed by atoms with E-state index in [1.807, 2.05) is 25.1 Å². The van der Waals surface area contributed by atoms with Crippen LogP contribution in [0.3, 0.4) is 0 Å². The lowest BCUT2D eigenvalue weighted by Gasteiger charge is -2.08. The number of pyridine rings is 1. The zero-order chi connectivity index (χ0) is 13.0. The summed E-state index contributed by atoms with van der Waals surface area (Å²) in [6, 6.07) is 7.52. The minimum absolute atomic E-state index is 0.158. The second kappa shape index (κ2) is 5.28. The van der Waals surface area contributed by atoms with Gasteiger partial charge in [0.25, 0.3) is 0 Å². The van der Waals surface area contributed by atoms with Gasteiger partial charge in [0.1, 0.15) is 11.6 Å². The smallest absolute Gasteiger partial charge is 0.223 e. The maximum absolute atomic E-state index is 5.55. The number of hydrogen-bond acceptors (Lipinski definition) is 7. The molecule has 2 aromatic rings. The summed E-state index contributed by atoms with van der Waals surface area (Å²) in [5, 5.41) is 3.11. The highest BCUT2D eigenvalue weighted by molar-refractivity contribution is 5.50. The molecule has 0 radical (unpaired) electrons. The SMILES string of the molecule is Cc1cccc(CNc2cc(NN)nc(N)n2)n1. The number of anilines is 3. The number of hydrazine groups is 1. The highest BCUT2D eigenvalue weighted by Gasteiger charge is 2.01. The molecule has 18 heavy (non-hydrogen) atoms. The predicted molar refractivity (Wildman–Crippen MR) is 70.6 cm³/mol. The third kappa shape index (κ3) is 3.05. The van der Waals surface area contributed by atoms with E-state index >= 15 is 0 Å². The standard InChI is InChI=1S/C11H15N7/c1-7-3-2-4-8(15-7)6-14-9-5-10(18-13)17-11(12)16-9/h2-5H,6,13H2,1H3,(H4,12,14,16,17,18). The fraction of sp³-hybridized carbons (Fsp3) is 0.182. The van der Waals surface area contributed by atoms with Gasteiger partial charge in [0.2, 0.25) is 5.95 Å². The molecule has 2 heterocycles. The van der Waals surface area contributed by atoms with Crippen LogP contribution in [0.1, 0.15) is 11.4 Å². The summed E-state index contributed by atoms with van der Waals surface area (Å²) in [7, 11) is 0. The molecule has 6 N–H and O–H groups in total. The zero-order valence-corrected chi connectivity index (χ0v) is 10.0. The molecular weight excluding hydrogens is 230 g/mol. The van der Waals surface area contributed by atoms with E-state index in [2.05, 4.69) is 25.7 Å². The molecule has 0 spiro atoms. The van der Waals surface area contributed by atoms with E-state index in [9.17, 15) is 0 Å². The van der Waals surface area contributed by atoms with E-state index in [0.29, 0.717) is 18.2 Å². The van der Waals surface area contributed by atoms with E-state index in [1.54, 1.807) is 6.07 Å². The average Bonchev–Trinajstić information content (AvgIpc) is 2.36. The van der Waals surface area contributed by atoms with Gasteiger partial charge in [-0.1, -0.05) is 6.07 Å². The van der Waals surface area contributed by atoms with Crippen LogP contribution in [0.4, 0.5) is 17.6 Å². The Labute approximate surface area is 105 Å². The molecule has 7 heteroatoms. The fourth-order valence-electron chi connectivity index (χ4n) is 1.51. The molecular formula is C11H15N7. The Bertz CT molecular complexity index is 541. The van der Waals surface area contributed by atoms with Gasteiger partial charge in [-0.05, 0) is 19.1 Å². The predicted octanol–water partition coefficient (Wildman–Crippen LogP) is 0.660. The van der Waals surface area contributed by atoms with Crippen LogP contribution in [-0.2, 0) is 6.54 Å². The first kappa shape index (κ1) is 12.1. The summed E-state index contributed by atoms with van der Waals surface area (Å²) in [6.07, 6.45) is 0. The van der Waals surface area contributed by atoms with Crippen molar-refractivity contribution in [2.45, 2.75) is 13.5 Å². The topological polar surface area (TPSA) is 115 Å². The Morgan fingerprint density at radius 2 is 1.94 bits per heavy atom. The van der Waals surface area contributed by atoms with Gasteiger partial charge in [-0.25, -0.2) is 5.84 Å². The molecule has 0 fully saturated rings. The number of aromatic nitrogens is 3. The normalized spacial score (nSPS) is 10.1. The number of rotatable bonds is 4. The number of hydrogen-bond donors (Lipinski definition) is 4. The number of nitrogens with one attached hydrogen (secondary N) is 2. The Hall–Kier alpha value is -2.41. The van der Waals surface area contributed by atoms with Gasteiger partial charge < -0.3 is 16.5 Å². The maximum Gasteiger partial charge on any atom is 0.223 e. The van der Waals surface area contributed by atoms with Gasteiger partial charge in [-0.15, -0.1) is 0 Å². The van der Waals surface area contributed by atoms with Gasteiger partial charge in [-0.3, -0.25) is 4.98 Å². The molecule has 0 saturated carbocycles. The van der Waals surface area contributed by atoms with Crippen molar-refractivity contribution in [3.05, 3.63) is 35.7 Å². The van der Waals surface area contributed by atoms with Crippen molar-refractivity contribution in [1.29, 1.82) is 0 Å². The van der Waals surface area contributed by atoms with Crippen molar-refractivity contribution >= 4 is 17.6 Å². The third-order valence-corrected chi connectivity index (χ3v) is 2.29. The molecule has 7 nitrogen and oxygen atoms in total. The lowest BCUT2D eigenvalue weighted by Crippen LogP contribution is -2.12. The van der Waals surface area contributed by atoms with Crippen LogP contribution in [-0.4, -0.2) is 15.0 Å². The van der Waals surface area contributed by atoms with Crippen molar-refractivity contribution in [2.75, 3.05) is 16.5 Å². The Morgan fingerprint density at radius 1 is 1.17 bits per heavy atom. The van der Waals surface area contributed by atoms with Gasteiger partial charge in [0, 0.05) is 11.8 Å². The highest BCUT2D eigenvalue weighted by atomic mass is 15.3. The molecule has 0 amide bonds. The number of aryl methyl sites for hydroxylation is 1. The highest BCUT2D eigenvalue weighted by Crippen LogP contribution is 2.12. The molecule has 94 valence electrons. The average molecular weight is 245 g/mol. The Morgan fingerprint density at radius 3 is 2.67 bits per heavy atom. The molecule has 0 aliphatic rings. The van der Waals surface area contributed by atoms with Crippen LogP contribution in [0.2, 0.25) is 0 Å². The van der Waals surface area contributed by atoms with Crippen LogP contribution >= 0.6 is 0 Å². The van der Waals surface area contributed by atoms with E-state index in [0.717, 1.165) is 11.4 Å². The maximum atomic E-state index is 5.55. The molecule has 0 aliphatic carbocycles. The lowest BCUT2D eigenvalue weighted by atomic mass is 10.3. The van der Waals surface area contributed by atoms with Crippen molar-refractivity contribution in [1.82, 2.24) is 15.0 Å². The van der Waals surface area contributed by atoms with Gasteiger partial charge in [0.05, 0.1) is 12.2 Å². The summed E-state index contributed by atoms with van der Waals surface area (Å²) < 4.78 is 0. The molecule has 0 aliphatic heterocycles. The monoisotopic (exact) mass is 245 g/mol. The summed E-state index contributed by atoms with van der Waals surface area (Å²) in [4.78, 5) is 12.3. The summed E-state index contributed by atoms with van der Waals surface area (Å²) in [6.45, 7) is 2.50. The van der Waals surface area contributed by atoms with Crippen molar-refractivity contribution < 1.29 is 0 Å². The van der Waals surface area contributed by atoms with Crippen molar-refractivity contribution in [3.63, 3.8) is 0 Å². The van der Waals surface area contributed by atoms with Crippen LogP contribution in [0.15, 0.2) is 24.3 Å².